The van der Waals surface area contributed by atoms with E-state index in [2.05, 4.69) is 13.8 Å². The largest absolute Gasteiger partial charge is 0.508 e. The summed E-state index contributed by atoms with van der Waals surface area (Å²) in [6.45, 7) is 6.19. The molecule has 0 heterocycles. The smallest absolute Gasteiger partial charge is 0.127 e. The molecule has 3 N–H and O–H groups in total. The van der Waals surface area contributed by atoms with E-state index < -0.39 is 0 Å². The first-order valence-electron chi connectivity index (χ1n) is 7.42. The van der Waals surface area contributed by atoms with E-state index in [0.717, 1.165) is 41.5 Å². The van der Waals surface area contributed by atoms with E-state index in [1.54, 1.807) is 18.2 Å². The van der Waals surface area contributed by atoms with Gasteiger partial charge in [-0.3, -0.25) is 0 Å². The Morgan fingerprint density at radius 2 is 1.29 bits per heavy atom. The summed E-state index contributed by atoms with van der Waals surface area (Å²) >= 11 is 0. The van der Waals surface area contributed by atoms with E-state index in [1.165, 1.54) is 6.07 Å². The van der Waals surface area contributed by atoms with Crippen molar-refractivity contribution in [2.24, 2.45) is 0 Å². The minimum absolute atomic E-state index is 0.0235. The maximum absolute atomic E-state index is 10.3. The van der Waals surface area contributed by atoms with Crippen molar-refractivity contribution < 1.29 is 15.3 Å². The highest BCUT2D eigenvalue weighted by molar-refractivity contribution is 5.77. The van der Waals surface area contributed by atoms with Gasteiger partial charge in [0.25, 0.3) is 0 Å². The Balaban J connectivity index is 2.77. The second-order valence-electron chi connectivity index (χ2n) is 5.14. The van der Waals surface area contributed by atoms with Gasteiger partial charge in [-0.1, -0.05) is 20.8 Å². The molecule has 0 aliphatic carbocycles. The summed E-state index contributed by atoms with van der Waals surface area (Å²) in [7, 11) is 0. The van der Waals surface area contributed by atoms with Crippen LogP contribution >= 0.6 is 0 Å². The standard InChI is InChI=1S/C18H22O3/c1-4-12-13(5-2)16(10-18(21)14(12)6-3)15-8-7-11(19)9-17(15)20/h7-10,19-21H,4-6H2,1-3H3. The van der Waals surface area contributed by atoms with Crippen LogP contribution in [0.3, 0.4) is 0 Å². The van der Waals surface area contributed by atoms with Gasteiger partial charge in [-0.15, -0.1) is 0 Å². The summed E-state index contributed by atoms with van der Waals surface area (Å²) in [6, 6.07) is 6.28. The van der Waals surface area contributed by atoms with Gasteiger partial charge in [-0.05, 0) is 59.7 Å². The van der Waals surface area contributed by atoms with Gasteiger partial charge in [-0.2, -0.15) is 0 Å². The van der Waals surface area contributed by atoms with Gasteiger partial charge in [0.05, 0.1) is 0 Å². The molecular formula is C18H22O3. The first-order valence-corrected chi connectivity index (χ1v) is 7.42. The molecular weight excluding hydrogens is 264 g/mol. The van der Waals surface area contributed by atoms with Crippen LogP contribution in [0.25, 0.3) is 11.1 Å². The molecule has 0 amide bonds. The van der Waals surface area contributed by atoms with Gasteiger partial charge >= 0.3 is 0 Å². The number of aromatic hydroxyl groups is 3. The summed E-state index contributed by atoms with van der Waals surface area (Å²) in [5.74, 6) is 0.323. The lowest BCUT2D eigenvalue weighted by Crippen LogP contribution is -2.01. The van der Waals surface area contributed by atoms with Crippen molar-refractivity contribution in [2.45, 2.75) is 40.0 Å². The van der Waals surface area contributed by atoms with E-state index in [-0.39, 0.29) is 17.2 Å². The Morgan fingerprint density at radius 3 is 1.81 bits per heavy atom. The second kappa shape index (κ2) is 6.08. The Labute approximate surface area is 125 Å². The predicted molar refractivity (Wildman–Crippen MR) is 85.0 cm³/mol. The molecule has 0 spiro atoms. The van der Waals surface area contributed by atoms with E-state index in [4.69, 9.17) is 0 Å². The summed E-state index contributed by atoms with van der Waals surface area (Å²) in [5, 5.41) is 29.8. The van der Waals surface area contributed by atoms with E-state index in [9.17, 15) is 15.3 Å². The molecule has 21 heavy (non-hydrogen) atoms. The molecule has 0 fully saturated rings. The van der Waals surface area contributed by atoms with Gasteiger partial charge in [0.1, 0.15) is 17.2 Å². The number of phenolic OH excluding ortho intramolecular Hbond substituents is 3. The third-order valence-electron chi connectivity index (χ3n) is 3.98. The molecule has 2 aromatic rings. The van der Waals surface area contributed by atoms with Crippen molar-refractivity contribution in [3.8, 4) is 28.4 Å². The minimum atomic E-state index is 0.0235. The quantitative estimate of drug-likeness (QED) is 0.791. The lowest BCUT2D eigenvalue weighted by molar-refractivity contribution is 0.451. The van der Waals surface area contributed by atoms with Gasteiger partial charge < -0.3 is 15.3 Å². The third-order valence-corrected chi connectivity index (χ3v) is 3.98. The Bertz CT molecular complexity index is 660. The van der Waals surface area contributed by atoms with E-state index >= 15 is 0 Å². The van der Waals surface area contributed by atoms with Crippen molar-refractivity contribution in [3.05, 3.63) is 41.0 Å². The SMILES string of the molecule is CCc1c(O)cc(-c2ccc(O)cc2O)c(CC)c1CC. The average Bonchev–Trinajstić information content (AvgIpc) is 2.46. The molecule has 0 bridgehead atoms. The average molecular weight is 286 g/mol. The van der Waals surface area contributed by atoms with Gasteiger partial charge in [0.2, 0.25) is 0 Å². The molecule has 3 heteroatoms. The summed E-state index contributed by atoms with van der Waals surface area (Å²) < 4.78 is 0. The van der Waals surface area contributed by atoms with E-state index in [1.807, 2.05) is 6.92 Å². The first kappa shape index (κ1) is 15.2. The Hall–Kier alpha value is -2.16. The van der Waals surface area contributed by atoms with Gasteiger partial charge in [-0.25, -0.2) is 0 Å². The maximum atomic E-state index is 10.3. The third kappa shape index (κ3) is 2.68. The molecule has 2 rings (SSSR count). The van der Waals surface area contributed by atoms with Crippen LogP contribution in [0.5, 0.6) is 17.2 Å². The fourth-order valence-corrected chi connectivity index (χ4v) is 3.02. The molecule has 112 valence electrons. The zero-order valence-electron chi connectivity index (χ0n) is 12.8. The van der Waals surface area contributed by atoms with Crippen molar-refractivity contribution in [3.63, 3.8) is 0 Å². The number of phenols is 3. The van der Waals surface area contributed by atoms with E-state index in [0.29, 0.717) is 5.56 Å². The zero-order chi connectivity index (χ0) is 15.6. The summed E-state index contributed by atoms with van der Waals surface area (Å²) in [6.07, 6.45) is 2.45. The molecule has 0 atom stereocenters. The molecule has 0 aliphatic rings. The molecule has 0 aromatic heterocycles. The van der Waals surface area contributed by atoms with Crippen molar-refractivity contribution in [2.75, 3.05) is 0 Å². The molecule has 0 unspecified atom stereocenters. The monoisotopic (exact) mass is 286 g/mol. The molecule has 0 saturated carbocycles. The number of hydrogen-bond donors (Lipinski definition) is 3. The first-order chi connectivity index (χ1) is 10.0. The molecule has 3 nitrogen and oxygen atoms in total. The molecule has 0 aliphatic heterocycles. The van der Waals surface area contributed by atoms with Crippen LogP contribution in [0.15, 0.2) is 24.3 Å². The molecule has 2 aromatic carbocycles. The van der Waals surface area contributed by atoms with Crippen LogP contribution in [0.4, 0.5) is 0 Å². The van der Waals surface area contributed by atoms with Gasteiger partial charge in [0.15, 0.2) is 0 Å². The number of benzene rings is 2. The van der Waals surface area contributed by atoms with Crippen molar-refractivity contribution in [1.29, 1.82) is 0 Å². The highest BCUT2D eigenvalue weighted by Gasteiger charge is 2.17. The van der Waals surface area contributed by atoms with Crippen molar-refractivity contribution >= 4 is 0 Å². The highest BCUT2D eigenvalue weighted by Crippen LogP contribution is 2.40. The topological polar surface area (TPSA) is 60.7 Å². The predicted octanol–water partition coefficient (Wildman–Crippen LogP) is 4.16. The second-order valence-corrected chi connectivity index (χ2v) is 5.14. The van der Waals surface area contributed by atoms with Crippen LogP contribution in [0.2, 0.25) is 0 Å². The molecule has 0 radical (unpaired) electrons. The van der Waals surface area contributed by atoms with Crippen molar-refractivity contribution in [1.82, 2.24) is 0 Å². The fourth-order valence-electron chi connectivity index (χ4n) is 3.02. The van der Waals surface area contributed by atoms with Crippen LogP contribution in [0, 0.1) is 0 Å². The normalized spacial score (nSPS) is 10.8. The fraction of sp³-hybridized carbons (Fsp3) is 0.333. The number of rotatable bonds is 4. The Morgan fingerprint density at radius 1 is 0.667 bits per heavy atom. The summed E-state index contributed by atoms with van der Waals surface area (Å²) in [4.78, 5) is 0. The minimum Gasteiger partial charge on any atom is -0.508 e. The van der Waals surface area contributed by atoms with Gasteiger partial charge in [0, 0.05) is 11.6 Å². The maximum Gasteiger partial charge on any atom is 0.127 e. The lowest BCUT2D eigenvalue weighted by Gasteiger charge is -2.19. The van der Waals surface area contributed by atoms with Crippen LogP contribution < -0.4 is 0 Å². The lowest BCUT2D eigenvalue weighted by atomic mass is 9.87. The summed E-state index contributed by atoms with van der Waals surface area (Å²) in [5.41, 5.74) is 4.76. The highest BCUT2D eigenvalue weighted by atomic mass is 16.3. The molecule has 0 saturated heterocycles. The van der Waals surface area contributed by atoms with Crippen LogP contribution in [0.1, 0.15) is 37.5 Å². The number of hydrogen-bond acceptors (Lipinski definition) is 3. The zero-order valence-corrected chi connectivity index (χ0v) is 12.8. The van der Waals surface area contributed by atoms with Crippen LogP contribution in [-0.4, -0.2) is 15.3 Å². The van der Waals surface area contributed by atoms with Crippen LogP contribution in [-0.2, 0) is 19.3 Å². The Kier molecular flexibility index (Phi) is 4.41.